The van der Waals surface area contributed by atoms with Crippen molar-refractivity contribution in [2.75, 3.05) is 19.7 Å². The van der Waals surface area contributed by atoms with Gasteiger partial charge in [-0.1, -0.05) is 17.3 Å². The highest BCUT2D eigenvalue weighted by atomic mass is 16.5. The van der Waals surface area contributed by atoms with E-state index in [9.17, 15) is 10.1 Å². The Hall–Kier alpha value is -3.74. The molecule has 0 saturated heterocycles. The summed E-state index contributed by atoms with van der Waals surface area (Å²) in [6, 6.07) is 11.2. The molecule has 9 heteroatoms. The molecule has 1 aliphatic heterocycles. The molecule has 36 heavy (non-hydrogen) atoms. The van der Waals surface area contributed by atoms with Crippen LogP contribution in [0.3, 0.4) is 0 Å². The third-order valence-corrected chi connectivity index (χ3v) is 6.19. The fourth-order valence-corrected chi connectivity index (χ4v) is 4.40. The Bertz CT molecular complexity index is 1290. The summed E-state index contributed by atoms with van der Waals surface area (Å²) >= 11 is 0. The Balaban J connectivity index is 1.52. The highest BCUT2D eigenvalue weighted by Gasteiger charge is 2.23. The van der Waals surface area contributed by atoms with Crippen molar-refractivity contribution >= 4 is 5.91 Å². The third-order valence-electron chi connectivity index (χ3n) is 6.19. The summed E-state index contributed by atoms with van der Waals surface area (Å²) in [4.78, 5) is 18.9. The van der Waals surface area contributed by atoms with Gasteiger partial charge in [0.05, 0.1) is 24.8 Å². The highest BCUT2D eigenvalue weighted by Crippen LogP contribution is 2.32. The number of nitrogens with zero attached hydrogens (tertiary/aromatic N) is 4. The van der Waals surface area contributed by atoms with Gasteiger partial charge in [0.1, 0.15) is 11.8 Å². The number of hydrogen-bond acceptors (Lipinski definition) is 8. The van der Waals surface area contributed by atoms with Gasteiger partial charge >= 0.3 is 0 Å². The quantitative estimate of drug-likeness (QED) is 0.494. The second-order valence-corrected chi connectivity index (χ2v) is 9.40. The minimum absolute atomic E-state index is 0.0378. The number of carbonyl (C=O) groups is 1. The van der Waals surface area contributed by atoms with Gasteiger partial charge in [-0.05, 0) is 69.0 Å². The number of nitrogens with one attached hydrogen (secondary N) is 1. The van der Waals surface area contributed by atoms with Crippen molar-refractivity contribution in [3.05, 3.63) is 52.6 Å². The number of carbonyl (C=O) groups excluding carboxylic acids is 1. The van der Waals surface area contributed by atoms with Gasteiger partial charge in [0.15, 0.2) is 0 Å². The molecule has 0 bridgehead atoms. The molecule has 0 spiro atoms. The average Bonchev–Trinajstić information content (AvgIpc) is 3.34. The van der Waals surface area contributed by atoms with Crippen LogP contribution in [0.25, 0.3) is 22.8 Å². The SMILES string of the molecule is Cc1c(-c2noc(-c3ccc(OC(C)C)c(C#N)c3)n2)ccc2c1CCN(CC(=O)N[C@H](C)CO)C2. The molecule has 0 aliphatic carbocycles. The van der Waals surface area contributed by atoms with Crippen molar-refractivity contribution in [2.45, 2.75) is 52.8 Å². The fourth-order valence-electron chi connectivity index (χ4n) is 4.40. The van der Waals surface area contributed by atoms with E-state index in [1.165, 1.54) is 11.1 Å². The second kappa shape index (κ2) is 10.9. The number of rotatable bonds is 8. The van der Waals surface area contributed by atoms with E-state index in [1.54, 1.807) is 19.1 Å². The van der Waals surface area contributed by atoms with Crippen LogP contribution in [-0.2, 0) is 17.8 Å². The molecule has 1 amide bonds. The minimum atomic E-state index is -0.253. The molecular formula is C27H31N5O4. The van der Waals surface area contributed by atoms with Crippen LogP contribution in [0, 0.1) is 18.3 Å². The molecular weight excluding hydrogens is 458 g/mol. The zero-order valence-corrected chi connectivity index (χ0v) is 21.0. The van der Waals surface area contributed by atoms with E-state index in [4.69, 9.17) is 14.4 Å². The second-order valence-electron chi connectivity index (χ2n) is 9.40. The molecule has 1 aromatic heterocycles. The normalized spacial score (nSPS) is 14.2. The molecule has 0 fully saturated rings. The predicted molar refractivity (Wildman–Crippen MR) is 134 cm³/mol. The van der Waals surface area contributed by atoms with Crippen LogP contribution < -0.4 is 10.1 Å². The maximum Gasteiger partial charge on any atom is 0.258 e. The number of aliphatic hydroxyl groups excluding tert-OH is 1. The smallest absolute Gasteiger partial charge is 0.258 e. The molecule has 2 aromatic carbocycles. The Labute approximate surface area is 210 Å². The van der Waals surface area contributed by atoms with Crippen LogP contribution in [0.5, 0.6) is 5.75 Å². The van der Waals surface area contributed by atoms with E-state index >= 15 is 0 Å². The van der Waals surface area contributed by atoms with E-state index in [0.29, 0.717) is 41.7 Å². The first-order chi connectivity index (χ1) is 17.3. The fraction of sp³-hybridized carbons (Fsp3) is 0.407. The van der Waals surface area contributed by atoms with Crippen LogP contribution in [0.1, 0.15) is 43.0 Å². The Kier molecular flexibility index (Phi) is 7.67. The zero-order valence-electron chi connectivity index (χ0n) is 21.0. The molecule has 1 aliphatic rings. The molecule has 2 N–H and O–H groups in total. The van der Waals surface area contributed by atoms with Gasteiger partial charge < -0.3 is 19.7 Å². The van der Waals surface area contributed by atoms with Gasteiger partial charge in [-0.25, -0.2) is 0 Å². The molecule has 0 radical (unpaired) electrons. The maximum atomic E-state index is 12.2. The maximum absolute atomic E-state index is 12.2. The molecule has 2 heterocycles. The van der Waals surface area contributed by atoms with Gasteiger partial charge in [-0.15, -0.1) is 0 Å². The monoisotopic (exact) mass is 489 g/mol. The van der Waals surface area contributed by atoms with E-state index in [-0.39, 0.29) is 24.7 Å². The molecule has 1 atom stereocenters. The van der Waals surface area contributed by atoms with Crippen molar-refractivity contribution in [2.24, 2.45) is 0 Å². The third kappa shape index (κ3) is 5.56. The van der Waals surface area contributed by atoms with Gasteiger partial charge in [-0.2, -0.15) is 10.2 Å². The first-order valence-corrected chi connectivity index (χ1v) is 12.1. The molecule has 4 rings (SSSR count). The van der Waals surface area contributed by atoms with Gasteiger partial charge in [0.2, 0.25) is 11.7 Å². The topological polar surface area (TPSA) is 125 Å². The first-order valence-electron chi connectivity index (χ1n) is 12.1. The van der Waals surface area contributed by atoms with E-state index in [0.717, 1.165) is 24.1 Å². The van der Waals surface area contributed by atoms with Crippen molar-refractivity contribution < 1.29 is 19.2 Å². The number of aromatic nitrogens is 2. The average molecular weight is 490 g/mol. The van der Waals surface area contributed by atoms with Crippen molar-refractivity contribution in [3.8, 4) is 34.7 Å². The van der Waals surface area contributed by atoms with Crippen LogP contribution in [-0.4, -0.2) is 57.9 Å². The summed E-state index contributed by atoms with van der Waals surface area (Å²) in [5, 5.41) is 25.7. The highest BCUT2D eigenvalue weighted by molar-refractivity contribution is 5.78. The number of ether oxygens (including phenoxy) is 1. The number of aliphatic hydroxyl groups is 1. The van der Waals surface area contributed by atoms with Crippen LogP contribution in [0.15, 0.2) is 34.9 Å². The summed E-state index contributed by atoms with van der Waals surface area (Å²) in [5.41, 5.74) is 5.47. The standard InChI is InChI=1S/C27H31N5O4/c1-16(2)35-24-8-6-19(11-21(24)12-28)27-30-26(31-36-27)23-7-5-20-13-32(10-9-22(20)18(23)4)14-25(34)29-17(3)15-33/h5-8,11,16-17,33H,9-10,13-15H2,1-4H3,(H,29,34)/t17-/m1/s1. The van der Waals surface area contributed by atoms with E-state index in [1.807, 2.05) is 26.0 Å². The summed E-state index contributed by atoms with van der Waals surface area (Å²) in [6.45, 7) is 9.31. The van der Waals surface area contributed by atoms with E-state index in [2.05, 4.69) is 39.4 Å². The number of hydrogen-bond donors (Lipinski definition) is 2. The Morgan fingerprint density at radius 1 is 1.31 bits per heavy atom. The number of benzene rings is 2. The number of amides is 1. The van der Waals surface area contributed by atoms with Gasteiger partial charge in [0, 0.05) is 30.3 Å². The molecule has 3 aromatic rings. The van der Waals surface area contributed by atoms with Crippen LogP contribution >= 0.6 is 0 Å². The van der Waals surface area contributed by atoms with Crippen LogP contribution in [0.2, 0.25) is 0 Å². The lowest BCUT2D eigenvalue weighted by molar-refractivity contribution is -0.123. The molecule has 0 unspecified atom stereocenters. The summed E-state index contributed by atoms with van der Waals surface area (Å²) in [5.74, 6) is 1.27. The lowest BCUT2D eigenvalue weighted by Gasteiger charge is -2.30. The lowest BCUT2D eigenvalue weighted by Crippen LogP contribution is -2.43. The summed E-state index contributed by atoms with van der Waals surface area (Å²) < 4.78 is 11.2. The largest absolute Gasteiger partial charge is 0.490 e. The van der Waals surface area contributed by atoms with Crippen molar-refractivity contribution in [3.63, 3.8) is 0 Å². The Morgan fingerprint density at radius 2 is 2.11 bits per heavy atom. The predicted octanol–water partition coefficient (Wildman–Crippen LogP) is 3.23. The number of fused-ring (bicyclic) bond motifs is 1. The minimum Gasteiger partial charge on any atom is -0.490 e. The lowest BCUT2D eigenvalue weighted by atomic mass is 9.91. The van der Waals surface area contributed by atoms with E-state index < -0.39 is 0 Å². The van der Waals surface area contributed by atoms with Gasteiger partial charge in [-0.3, -0.25) is 9.69 Å². The molecule has 9 nitrogen and oxygen atoms in total. The van der Waals surface area contributed by atoms with Crippen molar-refractivity contribution in [1.82, 2.24) is 20.4 Å². The van der Waals surface area contributed by atoms with Crippen molar-refractivity contribution in [1.29, 1.82) is 5.26 Å². The van der Waals surface area contributed by atoms with Crippen LogP contribution in [0.4, 0.5) is 0 Å². The molecule has 0 saturated carbocycles. The summed E-state index contributed by atoms with van der Waals surface area (Å²) in [6.07, 6.45) is 0.773. The summed E-state index contributed by atoms with van der Waals surface area (Å²) in [7, 11) is 0. The Morgan fingerprint density at radius 3 is 2.83 bits per heavy atom. The zero-order chi connectivity index (χ0) is 25.8. The number of nitriles is 1. The molecule has 188 valence electrons. The van der Waals surface area contributed by atoms with Gasteiger partial charge in [0.25, 0.3) is 5.89 Å². The first kappa shape index (κ1) is 25.4.